The fourth-order valence-corrected chi connectivity index (χ4v) is 0.983. The average molecular weight is 196 g/mol. The van der Waals surface area contributed by atoms with Crippen LogP contribution in [0.2, 0.25) is 0 Å². The number of carbonyl (C=O) groups excluding carboxylic acids is 1. The third-order valence-corrected chi connectivity index (χ3v) is 2.08. The Labute approximate surface area is 85.0 Å². The Hall–Kier alpha value is -1.18. The summed E-state index contributed by atoms with van der Waals surface area (Å²) in [6.07, 6.45) is 3.74. The van der Waals surface area contributed by atoms with Gasteiger partial charge in [-0.25, -0.2) is 4.39 Å². The number of allylic oxidation sites excluding steroid dienone is 4. The lowest BCUT2D eigenvalue weighted by molar-refractivity contribution is -0.117. The van der Waals surface area contributed by atoms with Crippen molar-refractivity contribution in [2.24, 2.45) is 5.92 Å². The molecule has 0 saturated heterocycles. The Bertz CT molecular complexity index is 263. The van der Waals surface area contributed by atoms with E-state index < -0.39 is 0 Å². The Morgan fingerprint density at radius 3 is 2.57 bits per heavy atom. The summed E-state index contributed by atoms with van der Waals surface area (Å²) >= 11 is 0. The van der Waals surface area contributed by atoms with E-state index in [-0.39, 0.29) is 17.5 Å². The molecule has 0 saturated carbocycles. The molecule has 0 rings (SSSR count). The van der Waals surface area contributed by atoms with Crippen molar-refractivity contribution in [2.45, 2.75) is 26.7 Å². The molecule has 14 heavy (non-hydrogen) atoms. The van der Waals surface area contributed by atoms with Crippen molar-refractivity contribution < 1.29 is 9.18 Å². The summed E-state index contributed by atoms with van der Waals surface area (Å²) in [6, 6.07) is 0. The molecule has 0 aliphatic heterocycles. The molecule has 2 heteroatoms. The summed E-state index contributed by atoms with van der Waals surface area (Å²) in [6.45, 7) is 10.5. The zero-order valence-electron chi connectivity index (χ0n) is 8.85. The number of rotatable bonds is 6. The van der Waals surface area contributed by atoms with Crippen LogP contribution in [0.1, 0.15) is 26.7 Å². The zero-order chi connectivity index (χ0) is 11.1. The number of hydrogen-bond donors (Lipinski definition) is 0. The van der Waals surface area contributed by atoms with Gasteiger partial charge in [0.25, 0.3) is 0 Å². The lowest BCUT2D eigenvalue weighted by atomic mass is 9.96. The first-order valence-corrected chi connectivity index (χ1v) is 4.65. The van der Waals surface area contributed by atoms with E-state index in [0.717, 1.165) is 12.5 Å². The highest BCUT2D eigenvalue weighted by Gasteiger charge is 2.06. The van der Waals surface area contributed by atoms with Gasteiger partial charge < -0.3 is 4.79 Å². The summed E-state index contributed by atoms with van der Waals surface area (Å²) < 4.78 is 12.8. The summed E-state index contributed by atoms with van der Waals surface area (Å²) in [5, 5.41) is 0. The maximum Gasteiger partial charge on any atom is 0.129 e. The van der Waals surface area contributed by atoms with E-state index in [1.165, 1.54) is 6.08 Å². The van der Waals surface area contributed by atoms with Crippen LogP contribution in [0.5, 0.6) is 0 Å². The average Bonchev–Trinajstić information content (AvgIpc) is 2.13. The molecule has 0 aromatic rings. The minimum Gasteiger partial charge on any atom is -0.300 e. The number of carbonyl (C=O) groups is 1. The third kappa shape index (κ3) is 5.46. The lowest BCUT2D eigenvalue weighted by Gasteiger charge is -2.09. The molecule has 0 aliphatic rings. The highest BCUT2D eigenvalue weighted by Crippen LogP contribution is 2.18. The normalized spacial score (nSPS) is 13.5. The molecule has 1 unspecified atom stereocenters. The number of halogens is 1. The molecule has 0 aromatic carbocycles. The first kappa shape index (κ1) is 12.8. The molecule has 0 spiro atoms. The minimum atomic E-state index is -0.385. The van der Waals surface area contributed by atoms with Gasteiger partial charge in [0.05, 0.1) is 0 Å². The largest absolute Gasteiger partial charge is 0.300 e. The van der Waals surface area contributed by atoms with Gasteiger partial charge in [-0.2, -0.15) is 0 Å². The Kier molecular flexibility index (Phi) is 5.77. The molecule has 1 nitrogen and oxygen atoms in total. The zero-order valence-corrected chi connectivity index (χ0v) is 8.85. The number of Topliss-reactive ketones (excluding diaryl/α,β-unsaturated/α-hetero) is 1. The van der Waals surface area contributed by atoms with Gasteiger partial charge in [0.1, 0.15) is 11.6 Å². The van der Waals surface area contributed by atoms with E-state index in [0.29, 0.717) is 12.0 Å². The smallest absolute Gasteiger partial charge is 0.129 e. The van der Waals surface area contributed by atoms with E-state index >= 15 is 0 Å². The van der Waals surface area contributed by atoms with Gasteiger partial charge in [-0.05, 0) is 37.0 Å². The first-order chi connectivity index (χ1) is 6.47. The van der Waals surface area contributed by atoms with Crippen molar-refractivity contribution in [1.82, 2.24) is 0 Å². The fourth-order valence-electron chi connectivity index (χ4n) is 0.983. The van der Waals surface area contributed by atoms with E-state index in [4.69, 9.17) is 0 Å². The van der Waals surface area contributed by atoms with Crippen LogP contribution in [0.3, 0.4) is 0 Å². The Balaban J connectivity index is 4.12. The molecule has 0 aliphatic carbocycles. The fraction of sp³-hybridized carbons (Fsp3) is 0.417. The van der Waals surface area contributed by atoms with Crippen LogP contribution < -0.4 is 0 Å². The van der Waals surface area contributed by atoms with Crippen LogP contribution in [0.25, 0.3) is 0 Å². The maximum absolute atomic E-state index is 12.8. The number of hydrogen-bond acceptors (Lipinski definition) is 1. The highest BCUT2D eigenvalue weighted by atomic mass is 19.1. The van der Waals surface area contributed by atoms with Crippen molar-refractivity contribution in [3.05, 3.63) is 36.7 Å². The minimum absolute atomic E-state index is 0.129. The molecule has 78 valence electrons. The standard InChI is InChI=1S/C12H17FO/c1-5-12(13)8-10(3)9(2)6-7-11(4)14/h5,8-9H,1,3,6-7H2,2,4H3/b12-8+. The molecular formula is C12H17FO. The van der Waals surface area contributed by atoms with E-state index in [2.05, 4.69) is 13.2 Å². The molecule has 0 N–H and O–H groups in total. The summed E-state index contributed by atoms with van der Waals surface area (Å²) in [5.41, 5.74) is 0.698. The van der Waals surface area contributed by atoms with Crippen molar-refractivity contribution in [1.29, 1.82) is 0 Å². The highest BCUT2D eigenvalue weighted by molar-refractivity contribution is 5.75. The van der Waals surface area contributed by atoms with Crippen LogP contribution in [0.15, 0.2) is 36.7 Å². The van der Waals surface area contributed by atoms with Gasteiger partial charge in [-0.3, -0.25) is 0 Å². The molecular weight excluding hydrogens is 179 g/mol. The number of ketones is 1. The second-order valence-corrected chi connectivity index (χ2v) is 3.45. The van der Waals surface area contributed by atoms with Gasteiger partial charge in [-0.1, -0.05) is 20.1 Å². The van der Waals surface area contributed by atoms with Gasteiger partial charge >= 0.3 is 0 Å². The predicted molar refractivity (Wildman–Crippen MR) is 57.6 cm³/mol. The molecule has 0 bridgehead atoms. The predicted octanol–water partition coefficient (Wildman–Crippen LogP) is 3.59. The summed E-state index contributed by atoms with van der Waals surface area (Å²) in [5.74, 6) is -0.105. The SMILES string of the molecule is C=C/C(F)=C\C(=C)C(C)CCC(C)=O. The second kappa shape index (κ2) is 6.30. The molecule has 0 radical (unpaired) electrons. The summed E-state index contributed by atoms with van der Waals surface area (Å²) in [7, 11) is 0. The van der Waals surface area contributed by atoms with E-state index in [9.17, 15) is 9.18 Å². The molecule has 0 fully saturated rings. The van der Waals surface area contributed by atoms with Gasteiger partial charge in [0, 0.05) is 6.42 Å². The maximum atomic E-state index is 12.8. The topological polar surface area (TPSA) is 17.1 Å². The monoisotopic (exact) mass is 196 g/mol. The lowest BCUT2D eigenvalue weighted by Crippen LogP contribution is -2.00. The van der Waals surface area contributed by atoms with Crippen molar-refractivity contribution in [3.63, 3.8) is 0 Å². The van der Waals surface area contributed by atoms with Crippen LogP contribution in [0, 0.1) is 5.92 Å². The van der Waals surface area contributed by atoms with Crippen molar-refractivity contribution in [3.8, 4) is 0 Å². The van der Waals surface area contributed by atoms with Crippen LogP contribution in [-0.2, 0) is 4.79 Å². The van der Waals surface area contributed by atoms with Gasteiger partial charge in [0.2, 0.25) is 0 Å². The van der Waals surface area contributed by atoms with Gasteiger partial charge in [-0.15, -0.1) is 0 Å². The quantitative estimate of drug-likeness (QED) is 0.593. The van der Waals surface area contributed by atoms with Gasteiger partial charge in [0.15, 0.2) is 0 Å². The summed E-state index contributed by atoms with van der Waals surface area (Å²) in [4.78, 5) is 10.7. The Morgan fingerprint density at radius 1 is 1.57 bits per heavy atom. The third-order valence-electron chi connectivity index (χ3n) is 2.08. The molecule has 1 atom stereocenters. The second-order valence-electron chi connectivity index (χ2n) is 3.45. The molecule has 0 aromatic heterocycles. The molecule has 0 heterocycles. The van der Waals surface area contributed by atoms with Crippen LogP contribution in [0.4, 0.5) is 4.39 Å². The van der Waals surface area contributed by atoms with Crippen molar-refractivity contribution >= 4 is 5.78 Å². The van der Waals surface area contributed by atoms with E-state index in [1.54, 1.807) is 6.92 Å². The first-order valence-electron chi connectivity index (χ1n) is 4.65. The van der Waals surface area contributed by atoms with Crippen LogP contribution >= 0.6 is 0 Å². The molecule has 0 amide bonds. The van der Waals surface area contributed by atoms with Crippen LogP contribution in [-0.4, -0.2) is 5.78 Å². The van der Waals surface area contributed by atoms with Crippen molar-refractivity contribution in [2.75, 3.05) is 0 Å². The Morgan fingerprint density at radius 2 is 2.14 bits per heavy atom. The van der Waals surface area contributed by atoms with E-state index in [1.807, 2.05) is 6.92 Å².